The Labute approximate surface area is 119 Å². The molecule has 1 saturated carbocycles. The first-order valence-electron chi connectivity index (χ1n) is 7.01. The molecule has 0 atom stereocenters. The summed E-state index contributed by atoms with van der Waals surface area (Å²) >= 11 is 0. The minimum absolute atomic E-state index is 0.137. The quantitative estimate of drug-likeness (QED) is 0.817. The van der Waals surface area contributed by atoms with Crippen molar-refractivity contribution >= 4 is 21.1 Å². The maximum Gasteiger partial charge on any atom is 0.216 e. The van der Waals surface area contributed by atoms with E-state index in [0.717, 1.165) is 23.9 Å². The van der Waals surface area contributed by atoms with Gasteiger partial charge >= 0.3 is 0 Å². The first-order valence-corrected chi connectivity index (χ1v) is 8.62. The van der Waals surface area contributed by atoms with Gasteiger partial charge in [0.15, 0.2) is 0 Å². The molecular formula is C14H19N3O2S. The van der Waals surface area contributed by atoms with Crippen LogP contribution in [0.15, 0.2) is 30.6 Å². The molecule has 0 bridgehead atoms. The highest BCUT2D eigenvalue weighted by Gasteiger charge is 2.35. The number of imidazole rings is 1. The largest absolute Gasteiger partial charge is 0.330 e. The van der Waals surface area contributed by atoms with Gasteiger partial charge in [-0.3, -0.25) is 0 Å². The molecule has 1 heterocycles. The van der Waals surface area contributed by atoms with Crippen LogP contribution in [0.1, 0.15) is 19.8 Å². The Balaban J connectivity index is 1.75. The molecular weight excluding hydrogens is 274 g/mol. The Morgan fingerprint density at radius 2 is 2.10 bits per heavy atom. The molecule has 1 aliphatic rings. The number of nitrogens with zero attached hydrogens (tertiary/aromatic N) is 3. The lowest BCUT2D eigenvalue weighted by Gasteiger charge is -2.20. The molecule has 1 fully saturated rings. The smallest absolute Gasteiger partial charge is 0.216 e. The maximum atomic E-state index is 12.4. The molecule has 0 radical (unpaired) electrons. The van der Waals surface area contributed by atoms with Crippen molar-refractivity contribution in [3.8, 4) is 0 Å². The third-order valence-electron chi connectivity index (χ3n) is 3.74. The molecule has 1 aromatic heterocycles. The highest BCUT2D eigenvalue weighted by atomic mass is 32.2. The first-order chi connectivity index (χ1) is 9.62. The summed E-state index contributed by atoms with van der Waals surface area (Å²) in [5, 5.41) is 0. The van der Waals surface area contributed by atoms with E-state index in [9.17, 15) is 8.42 Å². The van der Waals surface area contributed by atoms with Gasteiger partial charge in [-0.2, -0.15) is 4.31 Å². The molecule has 6 heteroatoms. The summed E-state index contributed by atoms with van der Waals surface area (Å²) in [4.78, 5) is 4.29. The minimum Gasteiger partial charge on any atom is -0.330 e. The van der Waals surface area contributed by atoms with Gasteiger partial charge in [0.1, 0.15) is 0 Å². The number of fused-ring (bicyclic) bond motifs is 1. The van der Waals surface area contributed by atoms with Crippen molar-refractivity contribution in [3.05, 3.63) is 30.6 Å². The standard InChI is InChI=1S/C14H19N3O2S/c1-2-17(12-7-8-12)20(18,19)10-9-16-11-15-13-5-3-4-6-14(13)16/h3-6,11-12H,2,7-10H2,1H3. The molecule has 0 amide bonds. The van der Waals surface area contributed by atoms with Gasteiger partial charge in [0.2, 0.25) is 10.0 Å². The van der Waals surface area contributed by atoms with E-state index in [2.05, 4.69) is 4.98 Å². The van der Waals surface area contributed by atoms with Gasteiger partial charge < -0.3 is 4.57 Å². The van der Waals surface area contributed by atoms with Crippen molar-refractivity contribution in [2.24, 2.45) is 0 Å². The zero-order valence-electron chi connectivity index (χ0n) is 11.6. The molecule has 0 unspecified atom stereocenters. The molecule has 5 nitrogen and oxygen atoms in total. The van der Waals surface area contributed by atoms with Crippen LogP contribution in [0.5, 0.6) is 0 Å². The van der Waals surface area contributed by atoms with Crippen LogP contribution >= 0.6 is 0 Å². The number of benzene rings is 1. The predicted octanol–water partition coefficient (Wildman–Crippen LogP) is 1.85. The van der Waals surface area contributed by atoms with Crippen molar-refractivity contribution in [3.63, 3.8) is 0 Å². The lowest BCUT2D eigenvalue weighted by molar-refractivity contribution is 0.419. The van der Waals surface area contributed by atoms with Crippen LogP contribution < -0.4 is 0 Å². The zero-order valence-corrected chi connectivity index (χ0v) is 12.4. The highest BCUT2D eigenvalue weighted by Crippen LogP contribution is 2.29. The minimum atomic E-state index is -3.17. The van der Waals surface area contributed by atoms with Crippen LogP contribution in [0.2, 0.25) is 0 Å². The molecule has 20 heavy (non-hydrogen) atoms. The Kier molecular flexibility index (Phi) is 3.52. The van der Waals surface area contributed by atoms with Gasteiger partial charge in [0.05, 0.1) is 23.1 Å². The van der Waals surface area contributed by atoms with Gasteiger partial charge in [0.25, 0.3) is 0 Å². The molecule has 1 aliphatic carbocycles. The van der Waals surface area contributed by atoms with Crippen LogP contribution in [-0.2, 0) is 16.6 Å². The maximum absolute atomic E-state index is 12.4. The Hall–Kier alpha value is -1.40. The van der Waals surface area contributed by atoms with Crippen molar-refractivity contribution in [1.29, 1.82) is 0 Å². The van der Waals surface area contributed by atoms with E-state index < -0.39 is 10.0 Å². The van der Waals surface area contributed by atoms with Gasteiger partial charge in [-0.1, -0.05) is 19.1 Å². The van der Waals surface area contributed by atoms with Crippen molar-refractivity contribution in [1.82, 2.24) is 13.9 Å². The van der Waals surface area contributed by atoms with Crippen LogP contribution in [-0.4, -0.2) is 40.6 Å². The normalized spacial score (nSPS) is 16.1. The summed E-state index contributed by atoms with van der Waals surface area (Å²) < 4.78 is 28.3. The average Bonchev–Trinajstić information content (AvgIpc) is 3.17. The predicted molar refractivity (Wildman–Crippen MR) is 78.9 cm³/mol. The molecule has 3 rings (SSSR count). The molecule has 0 N–H and O–H groups in total. The molecule has 1 aromatic carbocycles. The van der Waals surface area contributed by atoms with E-state index in [0.29, 0.717) is 13.1 Å². The second-order valence-corrected chi connectivity index (χ2v) is 7.22. The monoisotopic (exact) mass is 293 g/mol. The van der Waals surface area contributed by atoms with E-state index in [1.165, 1.54) is 0 Å². The number of aryl methyl sites for hydroxylation is 1. The Morgan fingerprint density at radius 3 is 2.80 bits per heavy atom. The number of hydrogen-bond acceptors (Lipinski definition) is 3. The second-order valence-electron chi connectivity index (χ2n) is 5.18. The zero-order chi connectivity index (χ0) is 14.2. The van der Waals surface area contributed by atoms with Crippen LogP contribution in [0.25, 0.3) is 11.0 Å². The van der Waals surface area contributed by atoms with E-state index in [-0.39, 0.29) is 11.8 Å². The fourth-order valence-electron chi connectivity index (χ4n) is 2.56. The Bertz CT molecular complexity index is 704. The number of para-hydroxylation sites is 2. The SMILES string of the molecule is CCN(C1CC1)S(=O)(=O)CCn1cnc2ccccc21. The summed E-state index contributed by atoms with van der Waals surface area (Å²) in [5.41, 5.74) is 1.89. The molecule has 0 saturated heterocycles. The summed E-state index contributed by atoms with van der Waals surface area (Å²) in [5.74, 6) is 0.137. The fraction of sp³-hybridized carbons (Fsp3) is 0.500. The second kappa shape index (κ2) is 5.18. The lowest BCUT2D eigenvalue weighted by Crippen LogP contribution is -2.35. The summed E-state index contributed by atoms with van der Waals surface area (Å²) in [6.45, 7) is 2.92. The van der Waals surface area contributed by atoms with E-state index in [1.807, 2.05) is 35.8 Å². The third kappa shape index (κ3) is 2.58. The van der Waals surface area contributed by atoms with Crippen molar-refractivity contribution in [2.75, 3.05) is 12.3 Å². The fourth-order valence-corrected chi connectivity index (χ4v) is 4.28. The lowest BCUT2D eigenvalue weighted by atomic mass is 10.3. The van der Waals surface area contributed by atoms with E-state index in [4.69, 9.17) is 0 Å². The highest BCUT2D eigenvalue weighted by molar-refractivity contribution is 7.89. The molecule has 0 aliphatic heterocycles. The average molecular weight is 293 g/mol. The Morgan fingerprint density at radius 1 is 1.35 bits per heavy atom. The van der Waals surface area contributed by atoms with Gasteiger partial charge in [-0.05, 0) is 25.0 Å². The van der Waals surface area contributed by atoms with Crippen LogP contribution in [0, 0.1) is 0 Å². The molecule has 108 valence electrons. The van der Waals surface area contributed by atoms with Crippen LogP contribution in [0.4, 0.5) is 0 Å². The molecule has 2 aromatic rings. The number of rotatable bonds is 6. The van der Waals surface area contributed by atoms with Gasteiger partial charge in [-0.15, -0.1) is 0 Å². The summed E-state index contributed by atoms with van der Waals surface area (Å²) in [6.07, 6.45) is 3.72. The summed E-state index contributed by atoms with van der Waals surface area (Å²) in [6, 6.07) is 8.01. The number of hydrogen-bond donors (Lipinski definition) is 0. The van der Waals surface area contributed by atoms with Crippen molar-refractivity contribution < 1.29 is 8.42 Å². The van der Waals surface area contributed by atoms with E-state index in [1.54, 1.807) is 10.6 Å². The van der Waals surface area contributed by atoms with Crippen LogP contribution in [0.3, 0.4) is 0 Å². The first kappa shape index (κ1) is 13.6. The summed E-state index contributed by atoms with van der Waals surface area (Å²) in [7, 11) is -3.17. The van der Waals surface area contributed by atoms with Gasteiger partial charge in [-0.25, -0.2) is 13.4 Å². The van der Waals surface area contributed by atoms with Gasteiger partial charge in [0, 0.05) is 19.1 Å². The topological polar surface area (TPSA) is 55.2 Å². The molecule has 0 spiro atoms. The van der Waals surface area contributed by atoms with E-state index >= 15 is 0 Å². The third-order valence-corrected chi connectivity index (χ3v) is 5.71. The van der Waals surface area contributed by atoms with Crippen molar-refractivity contribution in [2.45, 2.75) is 32.4 Å². The number of sulfonamides is 1. The number of aromatic nitrogens is 2.